The Kier molecular flexibility index (Phi) is 5.60. The first kappa shape index (κ1) is 18.3. The molecule has 3 N–H and O–H groups in total. The van der Waals surface area contributed by atoms with Gasteiger partial charge in [-0.05, 0) is 94.9 Å². The average Bonchev–Trinajstić information content (AvgIpc) is 3.07. The topological polar surface area (TPSA) is 41.8 Å². The van der Waals surface area contributed by atoms with Gasteiger partial charge in [0.25, 0.3) is 0 Å². The van der Waals surface area contributed by atoms with Crippen molar-refractivity contribution in [2.75, 3.05) is 6.54 Å². The predicted octanol–water partition coefficient (Wildman–Crippen LogP) is 6.39. The molecule has 0 atom stereocenters. The smallest absolute Gasteiger partial charge is 0.0497 e. The van der Waals surface area contributed by atoms with Crippen LogP contribution in [0.2, 0.25) is 0 Å². The van der Waals surface area contributed by atoms with Gasteiger partial charge in [0, 0.05) is 20.2 Å². The van der Waals surface area contributed by atoms with E-state index in [1.165, 1.54) is 42.4 Å². The molecule has 136 valence electrons. The lowest BCUT2D eigenvalue weighted by atomic mass is 9.97. The molecule has 0 fully saturated rings. The van der Waals surface area contributed by atoms with Gasteiger partial charge in [-0.25, -0.2) is 0 Å². The van der Waals surface area contributed by atoms with Crippen LogP contribution in [0.4, 0.5) is 0 Å². The third-order valence-corrected chi connectivity index (χ3v) is 5.68. The van der Waals surface area contributed by atoms with Crippen LogP contribution in [0.15, 0.2) is 72.8 Å². The SMILES string of the molecule is NCCCCc1c(-c2cccc(I)c2)[nH]c2ccc(-c3ccccc3)cc12. The zero-order valence-corrected chi connectivity index (χ0v) is 17.4. The van der Waals surface area contributed by atoms with Crippen LogP contribution in [-0.2, 0) is 6.42 Å². The van der Waals surface area contributed by atoms with Gasteiger partial charge in [0.2, 0.25) is 0 Å². The molecule has 4 aromatic rings. The van der Waals surface area contributed by atoms with E-state index in [4.69, 9.17) is 5.73 Å². The number of fused-ring (bicyclic) bond motifs is 1. The van der Waals surface area contributed by atoms with E-state index in [9.17, 15) is 0 Å². The number of H-pyrrole nitrogens is 1. The fraction of sp³-hybridized carbons (Fsp3) is 0.167. The Morgan fingerprint density at radius 2 is 1.59 bits per heavy atom. The highest BCUT2D eigenvalue weighted by Gasteiger charge is 2.14. The summed E-state index contributed by atoms with van der Waals surface area (Å²) < 4.78 is 1.25. The van der Waals surface area contributed by atoms with Gasteiger partial charge in [0.15, 0.2) is 0 Å². The van der Waals surface area contributed by atoms with Crippen molar-refractivity contribution in [1.82, 2.24) is 4.98 Å². The molecule has 0 spiro atoms. The molecule has 3 heteroatoms. The second-order valence-electron chi connectivity index (χ2n) is 6.86. The number of aromatic nitrogens is 1. The highest BCUT2D eigenvalue weighted by atomic mass is 127. The molecule has 0 unspecified atom stereocenters. The molecular formula is C24H23IN2. The van der Waals surface area contributed by atoms with Gasteiger partial charge in [-0.3, -0.25) is 0 Å². The Bertz CT molecular complexity index is 1050. The van der Waals surface area contributed by atoms with Crippen LogP contribution in [0.1, 0.15) is 18.4 Å². The maximum absolute atomic E-state index is 5.74. The summed E-state index contributed by atoms with van der Waals surface area (Å²) in [5, 5.41) is 1.32. The first-order chi connectivity index (χ1) is 13.3. The number of aromatic amines is 1. The second-order valence-corrected chi connectivity index (χ2v) is 8.11. The van der Waals surface area contributed by atoms with Crippen molar-refractivity contribution in [3.05, 3.63) is 81.9 Å². The molecule has 0 radical (unpaired) electrons. The quantitative estimate of drug-likeness (QED) is 0.251. The molecule has 0 aliphatic heterocycles. The molecule has 0 saturated carbocycles. The van der Waals surface area contributed by atoms with Crippen molar-refractivity contribution in [2.45, 2.75) is 19.3 Å². The molecule has 0 aliphatic rings. The molecule has 0 saturated heterocycles. The van der Waals surface area contributed by atoms with E-state index in [1.807, 2.05) is 0 Å². The van der Waals surface area contributed by atoms with E-state index in [2.05, 4.69) is 100 Å². The number of hydrogen-bond acceptors (Lipinski definition) is 1. The van der Waals surface area contributed by atoms with E-state index in [0.717, 1.165) is 25.8 Å². The average molecular weight is 466 g/mol. The standard InChI is InChI=1S/C24H23IN2/c25-20-10-6-9-19(15-20)24-21(11-4-5-14-26)22-16-18(12-13-23(22)27-24)17-7-2-1-3-8-17/h1-3,6-10,12-13,15-16,27H,4-5,11,14,26H2. The molecule has 1 aromatic heterocycles. The van der Waals surface area contributed by atoms with Crippen LogP contribution in [-0.4, -0.2) is 11.5 Å². The molecule has 3 aromatic carbocycles. The van der Waals surface area contributed by atoms with Crippen molar-refractivity contribution < 1.29 is 0 Å². The van der Waals surface area contributed by atoms with E-state index >= 15 is 0 Å². The first-order valence-electron chi connectivity index (χ1n) is 9.42. The van der Waals surface area contributed by atoms with E-state index in [-0.39, 0.29) is 0 Å². The zero-order valence-electron chi connectivity index (χ0n) is 15.2. The van der Waals surface area contributed by atoms with Gasteiger partial charge >= 0.3 is 0 Å². The summed E-state index contributed by atoms with van der Waals surface area (Å²) in [6, 6.07) is 26.0. The molecule has 0 amide bonds. The summed E-state index contributed by atoms with van der Waals surface area (Å²) in [4.78, 5) is 3.68. The van der Waals surface area contributed by atoms with Crippen LogP contribution in [0, 0.1) is 3.57 Å². The van der Waals surface area contributed by atoms with Gasteiger partial charge in [0.1, 0.15) is 0 Å². The minimum absolute atomic E-state index is 0.746. The zero-order chi connectivity index (χ0) is 18.6. The Hall–Kier alpha value is -2.11. The van der Waals surface area contributed by atoms with E-state index < -0.39 is 0 Å². The molecule has 0 aliphatic carbocycles. The Morgan fingerprint density at radius 3 is 2.37 bits per heavy atom. The van der Waals surface area contributed by atoms with Gasteiger partial charge in [-0.1, -0.05) is 48.5 Å². The molecule has 4 rings (SSSR count). The molecule has 2 nitrogen and oxygen atoms in total. The molecule has 1 heterocycles. The highest BCUT2D eigenvalue weighted by molar-refractivity contribution is 14.1. The first-order valence-corrected chi connectivity index (χ1v) is 10.5. The van der Waals surface area contributed by atoms with Crippen molar-refractivity contribution in [3.63, 3.8) is 0 Å². The predicted molar refractivity (Wildman–Crippen MR) is 124 cm³/mol. The van der Waals surface area contributed by atoms with Crippen molar-refractivity contribution in [3.8, 4) is 22.4 Å². The monoisotopic (exact) mass is 466 g/mol. The van der Waals surface area contributed by atoms with E-state index in [0.29, 0.717) is 0 Å². The van der Waals surface area contributed by atoms with Crippen LogP contribution >= 0.6 is 22.6 Å². The van der Waals surface area contributed by atoms with Gasteiger partial charge in [-0.15, -0.1) is 0 Å². The fourth-order valence-corrected chi connectivity index (χ4v) is 4.20. The normalized spacial score (nSPS) is 11.2. The Morgan fingerprint density at radius 1 is 0.778 bits per heavy atom. The lowest BCUT2D eigenvalue weighted by molar-refractivity contribution is 0.748. The van der Waals surface area contributed by atoms with Crippen LogP contribution in [0.25, 0.3) is 33.3 Å². The van der Waals surface area contributed by atoms with Crippen molar-refractivity contribution in [2.24, 2.45) is 5.73 Å². The van der Waals surface area contributed by atoms with Gasteiger partial charge < -0.3 is 10.7 Å². The van der Waals surface area contributed by atoms with Crippen molar-refractivity contribution in [1.29, 1.82) is 0 Å². The number of unbranched alkanes of at least 4 members (excludes halogenated alkanes) is 1. The summed E-state index contributed by atoms with van der Waals surface area (Å²) in [7, 11) is 0. The largest absolute Gasteiger partial charge is 0.354 e. The Balaban J connectivity index is 1.86. The van der Waals surface area contributed by atoms with Gasteiger partial charge in [-0.2, -0.15) is 0 Å². The van der Waals surface area contributed by atoms with E-state index in [1.54, 1.807) is 0 Å². The molecular weight excluding hydrogens is 443 g/mol. The minimum Gasteiger partial charge on any atom is -0.354 e. The third-order valence-electron chi connectivity index (χ3n) is 5.01. The number of nitrogens with two attached hydrogens (primary N) is 1. The minimum atomic E-state index is 0.746. The lowest BCUT2D eigenvalue weighted by Gasteiger charge is -2.07. The summed E-state index contributed by atoms with van der Waals surface area (Å²) in [6.45, 7) is 0.746. The van der Waals surface area contributed by atoms with Gasteiger partial charge in [0.05, 0.1) is 0 Å². The summed E-state index contributed by atoms with van der Waals surface area (Å²) in [6.07, 6.45) is 3.20. The molecule has 27 heavy (non-hydrogen) atoms. The summed E-state index contributed by atoms with van der Waals surface area (Å²) >= 11 is 2.38. The number of halogens is 1. The maximum Gasteiger partial charge on any atom is 0.0497 e. The lowest BCUT2D eigenvalue weighted by Crippen LogP contribution is -1.99. The fourth-order valence-electron chi connectivity index (χ4n) is 3.65. The van der Waals surface area contributed by atoms with Crippen LogP contribution < -0.4 is 5.73 Å². The summed E-state index contributed by atoms with van der Waals surface area (Å²) in [5.74, 6) is 0. The maximum atomic E-state index is 5.74. The molecule has 0 bridgehead atoms. The third kappa shape index (κ3) is 3.94. The van der Waals surface area contributed by atoms with Crippen LogP contribution in [0.5, 0.6) is 0 Å². The van der Waals surface area contributed by atoms with Crippen LogP contribution in [0.3, 0.4) is 0 Å². The Labute approximate surface area is 173 Å². The number of hydrogen-bond donors (Lipinski definition) is 2. The number of benzene rings is 3. The number of aryl methyl sites for hydroxylation is 1. The second kappa shape index (κ2) is 8.28. The number of nitrogens with one attached hydrogen (secondary N) is 1. The highest BCUT2D eigenvalue weighted by Crippen LogP contribution is 2.34. The summed E-state index contributed by atoms with van der Waals surface area (Å²) in [5.41, 5.74) is 13.4. The van der Waals surface area contributed by atoms with Crippen molar-refractivity contribution >= 4 is 33.5 Å². The number of rotatable bonds is 6.